The van der Waals surface area contributed by atoms with Crippen molar-refractivity contribution in [2.45, 2.75) is 68.5 Å². The van der Waals surface area contributed by atoms with Crippen molar-refractivity contribution in [3.05, 3.63) is 12.7 Å². The lowest BCUT2D eigenvalue weighted by Gasteiger charge is -2.41. The van der Waals surface area contributed by atoms with Gasteiger partial charge in [0.25, 0.3) is 0 Å². The first-order valence-electron chi connectivity index (χ1n) is 14.2. The molecule has 4 rings (SSSR count). The summed E-state index contributed by atoms with van der Waals surface area (Å²) in [6, 6.07) is -1.25. The summed E-state index contributed by atoms with van der Waals surface area (Å²) in [4.78, 5) is 47.9. The van der Waals surface area contributed by atoms with E-state index in [-0.39, 0.29) is 36.9 Å². The molecule has 0 aromatic rings. The number of nitrogens with zero attached hydrogens (tertiary/aromatic N) is 3. The van der Waals surface area contributed by atoms with Crippen LogP contribution in [0.1, 0.15) is 47.0 Å². The molecular formula is C28H45N3O6S. The summed E-state index contributed by atoms with van der Waals surface area (Å²) in [6.45, 7) is 16.4. The Morgan fingerprint density at radius 2 is 2.03 bits per heavy atom. The number of fused-ring (bicyclic) bond motifs is 1. The van der Waals surface area contributed by atoms with Gasteiger partial charge in [-0.05, 0) is 32.6 Å². The fourth-order valence-corrected chi connectivity index (χ4v) is 9.44. The van der Waals surface area contributed by atoms with Crippen molar-refractivity contribution in [2.24, 2.45) is 17.8 Å². The molecule has 7 atom stereocenters. The number of ether oxygens (including phenoxy) is 2. The minimum atomic E-state index is -0.748. The van der Waals surface area contributed by atoms with Crippen LogP contribution in [0.3, 0.4) is 0 Å². The zero-order chi connectivity index (χ0) is 27.7. The van der Waals surface area contributed by atoms with E-state index in [9.17, 15) is 19.5 Å². The normalized spacial score (nSPS) is 34.2. The molecule has 1 N–H and O–H groups in total. The van der Waals surface area contributed by atoms with E-state index in [1.165, 1.54) is 0 Å². The van der Waals surface area contributed by atoms with E-state index in [1.807, 2.05) is 25.7 Å². The van der Waals surface area contributed by atoms with Crippen LogP contribution in [0.15, 0.2) is 12.7 Å². The smallest absolute Gasteiger partial charge is 0.311 e. The number of aliphatic hydroxyl groups is 1. The minimum Gasteiger partial charge on any atom is -0.466 e. The third-order valence-electron chi connectivity index (χ3n) is 9.29. The lowest BCUT2D eigenvalue weighted by Crippen LogP contribution is -2.59. The molecule has 4 aliphatic rings. The van der Waals surface area contributed by atoms with E-state index in [1.54, 1.807) is 29.7 Å². The molecule has 0 aromatic heterocycles. The van der Waals surface area contributed by atoms with E-state index in [4.69, 9.17) is 9.47 Å². The summed E-state index contributed by atoms with van der Waals surface area (Å²) in [5.74, 6) is -1.90. The second-order valence-corrected chi connectivity index (χ2v) is 13.3. The zero-order valence-corrected chi connectivity index (χ0v) is 24.2. The Morgan fingerprint density at radius 3 is 2.63 bits per heavy atom. The molecule has 38 heavy (non-hydrogen) atoms. The number of carbonyl (C=O) groups excluding carboxylic acids is 3. The molecule has 2 unspecified atom stereocenters. The van der Waals surface area contributed by atoms with E-state index in [0.29, 0.717) is 39.3 Å². The number of thioether (sulfide) groups is 1. The molecule has 4 saturated heterocycles. The van der Waals surface area contributed by atoms with Crippen molar-refractivity contribution in [3.63, 3.8) is 0 Å². The van der Waals surface area contributed by atoms with Gasteiger partial charge in [-0.2, -0.15) is 0 Å². The van der Waals surface area contributed by atoms with Gasteiger partial charge in [0.2, 0.25) is 11.8 Å². The van der Waals surface area contributed by atoms with Gasteiger partial charge in [-0.1, -0.05) is 26.3 Å². The molecule has 2 bridgehead atoms. The first kappa shape index (κ1) is 29.4. The molecule has 10 heteroatoms. The van der Waals surface area contributed by atoms with Gasteiger partial charge in [0, 0.05) is 37.5 Å². The molecule has 0 aromatic carbocycles. The first-order chi connectivity index (χ1) is 18.2. The number of esters is 1. The predicted octanol–water partition coefficient (Wildman–Crippen LogP) is 1.78. The number of hydrogen-bond donors (Lipinski definition) is 1. The van der Waals surface area contributed by atoms with Crippen molar-refractivity contribution in [1.82, 2.24) is 14.7 Å². The Morgan fingerprint density at radius 1 is 1.32 bits per heavy atom. The van der Waals surface area contributed by atoms with Crippen LogP contribution in [-0.4, -0.2) is 118 Å². The third-order valence-corrected chi connectivity index (χ3v) is 11.3. The van der Waals surface area contributed by atoms with Crippen molar-refractivity contribution in [1.29, 1.82) is 0 Å². The largest absolute Gasteiger partial charge is 0.466 e. The standard InChI is InChI=1S/C28H45N3O6S/c1-6-11-30(13-12-29-14-16-36-17-15-29)25(34)23-28-10-9-27(5,38-28)22(26(35)37-8-3)21(28)24(33)31(23)20(18-32)19(4)7-2/h6,19-23,32H,1,7-18H2,2-5H3/t19-,20-,21-,22+,23?,27-,28?/m0/s1. The SMILES string of the molecule is C=CCN(CCN1CCOCC1)C(=O)C1N([C@@H](CO)[C@@H](C)CC)C(=O)[C@@H]2[C@H](C(=O)OCC)[C@]3(C)CCC12S3. The Hall–Kier alpha value is -1.62. The molecule has 4 heterocycles. The number of aliphatic hydroxyl groups excluding tert-OH is 1. The van der Waals surface area contributed by atoms with E-state index < -0.39 is 33.4 Å². The highest BCUT2D eigenvalue weighted by molar-refractivity contribution is 8.02. The van der Waals surface area contributed by atoms with Crippen molar-refractivity contribution < 1.29 is 29.0 Å². The molecule has 4 fully saturated rings. The number of hydrogen-bond acceptors (Lipinski definition) is 8. The molecule has 9 nitrogen and oxygen atoms in total. The highest BCUT2D eigenvalue weighted by atomic mass is 32.2. The summed E-state index contributed by atoms with van der Waals surface area (Å²) < 4.78 is 9.77. The van der Waals surface area contributed by atoms with Crippen LogP contribution >= 0.6 is 11.8 Å². The van der Waals surface area contributed by atoms with Gasteiger partial charge in [0.1, 0.15) is 6.04 Å². The van der Waals surface area contributed by atoms with Crippen LogP contribution in [0.2, 0.25) is 0 Å². The molecule has 2 amide bonds. The number of carbonyl (C=O) groups is 3. The predicted molar refractivity (Wildman–Crippen MR) is 147 cm³/mol. The second-order valence-electron chi connectivity index (χ2n) is 11.4. The fourth-order valence-electron chi connectivity index (χ4n) is 7.11. The number of likely N-dealkylation sites (tertiary alicyclic amines) is 1. The highest BCUT2D eigenvalue weighted by Gasteiger charge is 2.78. The molecule has 4 aliphatic heterocycles. The summed E-state index contributed by atoms with van der Waals surface area (Å²) in [5, 5.41) is 10.5. The first-order valence-corrected chi connectivity index (χ1v) is 15.0. The van der Waals surface area contributed by atoms with Crippen LogP contribution in [0, 0.1) is 17.8 Å². The van der Waals surface area contributed by atoms with Crippen LogP contribution in [0.4, 0.5) is 0 Å². The monoisotopic (exact) mass is 551 g/mol. The van der Waals surface area contributed by atoms with E-state index in [2.05, 4.69) is 11.5 Å². The number of morpholine rings is 1. The van der Waals surface area contributed by atoms with E-state index >= 15 is 0 Å². The Kier molecular flexibility index (Phi) is 9.17. The van der Waals surface area contributed by atoms with Gasteiger partial charge in [0.05, 0.1) is 49.1 Å². The van der Waals surface area contributed by atoms with Crippen LogP contribution in [0.5, 0.6) is 0 Å². The van der Waals surface area contributed by atoms with Gasteiger partial charge in [-0.3, -0.25) is 19.3 Å². The van der Waals surface area contributed by atoms with Gasteiger partial charge < -0.3 is 24.4 Å². The quantitative estimate of drug-likeness (QED) is 0.290. The van der Waals surface area contributed by atoms with Gasteiger partial charge in [-0.15, -0.1) is 18.3 Å². The fraction of sp³-hybridized carbons (Fsp3) is 0.821. The number of rotatable bonds is 12. The Bertz CT molecular complexity index is 913. The van der Waals surface area contributed by atoms with Gasteiger partial charge >= 0.3 is 5.97 Å². The van der Waals surface area contributed by atoms with E-state index in [0.717, 1.165) is 25.9 Å². The van der Waals surface area contributed by atoms with Crippen molar-refractivity contribution in [2.75, 3.05) is 59.2 Å². The van der Waals surface area contributed by atoms with Crippen LogP contribution in [-0.2, 0) is 23.9 Å². The van der Waals surface area contributed by atoms with Crippen molar-refractivity contribution in [3.8, 4) is 0 Å². The Balaban J connectivity index is 1.72. The summed E-state index contributed by atoms with van der Waals surface area (Å²) >= 11 is 1.64. The summed E-state index contributed by atoms with van der Waals surface area (Å²) in [7, 11) is 0. The molecule has 1 spiro atoms. The van der Waals surface area contributed by atoms with Crippen LogP contribution < -0.4 is 0 Å². The summed E-state index contributed by atoms with van der Waals surface area (Å²) in [6.07, 6.45) is 3.91. The third kappa shape index (κ3) is 4.90. The zero-order valence-electron chi connectivity index (χ0n) is 23.4. The highest BCUT2D eigenvalue weighted by Crippen LogP contribution is 2.72. The lowest BCUT2D eigenvalue weighted by molar-refractivity contribution is -0.156. The maximum atomic E-state index is 14.6. The average Bonchev–Trinajstić information content (AvgIpc) is 3.48. The maximum absolute atomic E-state index is 14.6. The van der Waals surface area contributed by atoms with Crippen LogP contribution in [0.25, 0.3) is 0 Å². The maximum Gasteiger partial charge on any atom is 0.311 e. The topological polar surface area (TPSA) is 99.6 Å². The number of amides is 2. The van der Waals surface area contributed by atoms with Gasteiger partial charge in [-0.25, -0.2) is 0 Å². The molecule has 0 aliphatic carbocycles. The lowest BCUT2D eigenvalue weighted by atomic mass is 9.66. The molecule has 214 valence electrons. The van der Waals surface area contributed by atoms with Gasteiger partial charge in [0.15, 0.2) is 0 Å². The summed E-state index contributed by atoms with van der Waals surface area (Å²) in [5.41, 5.74) is 0. The molecule has 0 saturated carbocycles. The second kappa shape index (κ2) is 11.9. The molecule has 0 radical (unpaired) electrons. The molecular weight excluding hydrogens is 506 g/mol. The average molecular weight is 552 g/mol. The van der Waals surface area contributed by atoms with Crippen molar-refractivity contribution >= 4 is 29.5 Å². The Labute approximate surface area is 231 Å². The minimum absolute atomic E-state index is 0.00508.